The molecular formula is C24H23ClN2O4S. The van der Waals surface area contributed by atoms with Crippen molar-refractivity contribution in [3.05, 3.63) is 82.9 Å². The number of hydrogen-bond acceptors (Lipinski definition) is 4. The molecule has 0 saturated heterocycles. The molecule has 0 atom stereocenters. The van der Waals surface area contributed by atoms with Gasteiger partial charge in [0.2, 0.25) is 0 Å². The van der Waals surface area contributed by atoms with Crippen molar-refractivity contribution in [2.45, 2.75) is 24.7 Å². The summed E-state index contributed by atoms with van der Waals surface area (Å²) < 4.78 is 33.4. The van der Waals surface area contributed by atoms with Gasteiger partial charge in [-0.15, -0.1) is 0 Å². The molecule has 0 aliphatic carbocycles. The third kappa shape index (κ3) is 4.59. The molecule has 3 aromatic rings. The van der Waals surface area contributed by atoms with Crippen molar-refractivity contribution in [1.82, 2.24) is 0 Å². The Morgan fingerprint density at radius 2 is 1.81 bits per heavy atom. The number of hydrogen-bond donors (Lipinski definition) is 1. The zero-order valence-electron chi connectivity index (χ0n) is 17.5. The van der Waals surface area contributed by atoms with Crippen LogP contribution in [0.1, 0.15) is 17.5 Å². The van der Waals surface area contributed by atoms with E-state index in [-0.39, 0.29) is 17.4 Å². The van der Waals surface area contributed by atoms with Gasteiger partial charge in [-0.1, -0.05) is 35.9 Å². The van der Waals surface area contributed by atoms with Crippen LogP contribution in [0.3, 0.4) is 0 Å². The van der Waals surface area contributed by atoms with Crippen molar-refractivity contribution in [3.8, 4) is 5.75 Å². The lowest BCUT2D eigenvalue weighted by molar-refractivity contribution is -0.118. The summed E-state index contributed by atoms with van der Waals surface area (Å²) in [5.41, 5.74) is 3.15. The summed E-state index contributed by atoms with van der Waals surface area (Å²) in [6, 6.07) is 19.0. The first kappa shape index (κ1) is 22.2. The number of rotatable bonds is 6. The molecule has 1 N–H and O–H groups in total. The predicted molar refractivity (Wildman–Crippen MR) is 126 cm³/mol. The van der Waals surface area contributed by atoms with Crippen LogP contribution in [0.4, 0.5) is 11.4 Å². The molecule has 1 amide bonds. The second-order valence-electron chi connectivity index (χ2n) is 7.53. The highest BCUT2D eigenvalue weighted by Crippen LogP contribution is 2.32. The van der Waals surface area contributed by atoms with Gasteiger partial charge in [0.15, 0.2) is 6.61 Å². The lowest BCUT2D eigenvalue weighted by atomic mass is 10.0. The van der Waals surface area contributed by atoms with E-state index in [1.165, 1.54) is 16.4 Å². The molecule has 4 rings (SSSR count). The van der Waals surface area contributed by atoms with Crippen LogP contribution in [0.5, 0.6) is 5.75 Å². The number of aryl methyl sites for hydroxylation is 1. The van der Waals surface area contributed by atoms with Gasteiger partial charge < -0.3 is 10.1 Å². The molecule has 1 aliphatic rings. The van der Waals surface area contributed by atoms with Crippen molar-refractivity contribution < 1.29 is 17.9 Å². The second-order valence-corrected chi connectivity index (χ2v) is 9.80. The Bertz CT molecular complexity index is 1240. The Kier molecular flexibility index (Phi) is 6.39. The first-order valence-electron chi connectivity index (χ1n) is 10.2. The predicted octanol–water partition coefficient (Wildman–Crippen LogP) is 4.81. The number of ether oxygens (including phenoxy) is 1. The molecule has 8 heteroatoms. The maximum atomic E-state index is 13.2. The van der Waals surface area contributed by atoms with E-state index in [2.05, 4.69) is 5.32 Å². The fraction of sp³-hybridized carbons (Fsp3) is 0.208. The lowest BCUT2D eigenvalue weighted by Crippen LogP contribution is -2.35. The van der Waals surface area contributed by atoms with Crippen molar-refractivity contribution in [2.24, 2.45) is 0 Å². The molecule has 0 unspecified atom stereocenters. The van der Waals surface area contributed by atoms with Gasteiger partial charge in [-0.2, -0.15) is 0 Å². The summed E-state index contributed by atoms with van der Waals surface area (Å²) in [4.78, 5) is 12.4. The lowest BCUT2D eigenvalue weighted by Gasteiger charge is -2.30. The quantitative estimate of drug-likeness (QED) is 0.561. The second kappa shape index (κ2) is 9.22. The van der Waals surface area contributed by atoms with Crippen molar-refractivity contribution in [1.29, 1.82) is 0 Å². The maximum absolute atomic E-state index is 13.2. The van der Waals surface area contributed by atoms with E-state index in [0.717, 1.165) is 29.7 Å². The highest BCUT2D eigenvalue weighted by molar-refractivity contribution is 7.92. The number of benzene rings is 3. The number of halogens is 1. The Balaban J connectivity index is 1.42. The molecule has 1 aliphatic heterocycles. The zero-order chi connectivity index (χ0) is 22.7. The van der Waals surface area contributed by atoms with E-state index in [4.69, 9.17) is 16.3 Å². The van der Waals surface area contributed by atoms with Crippen LogP contribution in [0, 0.1) is 6.92 Å². The smallest absolute Gasteiger partial charge is 0.264 e. The molecular weight excluding hydrogens is 448 g/mol. The third-order valence-electron chi connectivity index (χ3n) is 5.39. The minimum Gasteiger partial charge on any atom is -0.484 e. The summed E-state index contributed by atoms with van der Waals surface area (Å²) in [6.07, 6.45) is 1.64. The van der Waals surface area contributed by atoms with Crippen LogP contribution in [0.15, 0.2) is 71.6 Å². The minimum absolute atomic E-state index is 0.181. The van der Waals surface area contributed by atoms with Gasteiger partial charge in [-0.05, 0) is 73.4 Å². The van der Waals surface area contributed by atoms with Gasteiger partial charge in [0.25, 0.3) is 15.9 Å². The van der Waals surface area contributed by atoms with Crippen LogP contribution in [-0.4, -0.2) is 27.5 Å². The van der Waals surface area contributed by atoms with Crippen LogP contribution in [0.2, 0.25) is 5.02 Å². The van der Waals surface area contributed by atoms with Gasteiger partial charge in [-0.25, -0.2) is 8.42 Å². The average molecular weight is 471 g/mol. The van der Waals surface area contributed by atoms with Gasteiger partial charge in [0.05, 0.1) is 10.6 Å². The number of sulfonamides is 1. The SMILES string of the molecule is Cc1c(Cl)cccc1NC(=O)COc1ccc(S(=O)(=O)N2CCCc3ccccc32)cc1. The van der Waals surface area contributed by atoms with Gasteiger partial charge in [0, 0.05) is 17.3 Å². The van der Waals surface area contributed by atoms with Crippen molar-refractivity contribution in [2.75, 3.05) is 22.8 Å². The fourth-order valence-corrected chi connectivity index (χ4v) is 5.38. The van der Waals surface area contributed by atoms with Crippen LogP contribution in [-0.2, 0) is 21.2 Å². The first-order valence-corrected chi connectivity index (χ1v) is 12.1. The zero-order valence-corrected chi connectivity index (χ0v) is 19.1. The number of anilines is 2. The average Bonchev–Trinajstić information content (AvgIpc) is 2.80. The first-order chi connectivity index (χ1) is 15.4. The van der Waals surface area contributed by atoms with E-state index < -0.39 is 10.0 Å². The molecule has 3 aromatic carbocycles. The molecule has 0 spiro atoms. The maximum Gasteiger partial charge on any atom is 0.264 e. The summed E-state index contributed by atoms with van der Waals surface area (Å²) in [5.74, 6) is 0.0675. The van der Waals surface area contributed by atoms with E-state index in [0.29, 0.717) is 23.0 Å². The molecule has 32 heavy (non-hydrogen) atoms. The molecule has 0 aromatic heterocycles. The molecule has 1 heterocycles. The Morgan fingerprint density at radius 3 is 2.59 bits per heavy atom. The van der Waals surface area contributed by atoms with Gasteiger partial charge in [0.1, 0.15) is 5.75 Å². The van der Waals surface area contributed by atoms with E-state index >= 15 is 0 Å². The minimum atomic E-state index is -3.69. The number of carbonyl (C=O) groups is 1. The Morgan fingerprint density at radius 1 is 1.06 bits per heavy atom. The number of carbonyl (C=O) groups excluding carboxylic acids is 1. The number of nitrogens with one attached hydrogen (secondary N) is 1. The molecule has 0 radical (unpaired) electrons. The number of para-hydroxylation sites is 1. The van der Waals surface area contributed by atoms with Crippen LogP contribution >= 0.6 is 11.6 Å². The summed E-state index contributed by atoms with van der Waals surface area (Å²) >= 11 is 6.07. The van der Waals surface area contributed by atoms with Crippen molar-refractivity contribution >= 4 is 38.9 Å². The summed E-state index contributed by atoms with van der Waals surface area (Å²) in [6.45, 7) is 2.05. The topological polar surface area (TPSA) is 75.7 Å². The molecule has 0 saturated carbocycles. The summed E-state index contributed by atoms with van der Waals surface area (Å²) in [7, 11) is -3.69. The molecule has 0 bridgehead atoms. The largest absolute Gasteiger partial charge is 0.484 e. The van der Waals surface area contributed by atoms with E-state index in [1.807, 2.05) is 31.2 Å². The van der Waals surface area contributed by atoms with Gasteiger partial charge >= 0.3 is 0 Å². The highest BCUT2D eigenvalue weighted by atomic mass is 35.5. The molecule has 6 nitrogen and oxygen atoms in total. The number of nitrogens with zero attached hydrogens (tertiary/aromatic N) is 1. The summed E-state index contributed by atoms with van der Waals surface area (Å²) in [5, 5.41) is 3.32. The normalized spacial score (nSPS) is 13.4. The Labute approximate surface area is 192 Å². The number of fused-ring (bicyclic) bond motifs is 1. The molecule has 0 fully saturated rings. The van der Waals surface area contributed by atoms with Crippen LogP contribution in [0.25, 0.3) is 0 Å². The Hall–Kier alpha value is -3.03. The monoisotopic (exact) mass is 470 g/mol. The van der Waals surface area contributed by atoms with Crippen LogP contribution < -0.4 is 14.4 Å². The third-order valence-corrected chi connectivity index (χ3v) is 7.63. The highest BCUT2D eigenvalue weighted by Gasteiger charge is 2.28. The van der Waals surface area contributed by atoms with Gasteiger partial charge in [-0.3, -0.25) is 9.10 Å². The van der Waals surface area contributed by atoms with E-state index in [9.17, 15) is 13.2 Å². The molecule has 166 valence electrons. The van der Waals surface area contributed by atoms with E-state index in [1.54, 1.807) is 30.3 Å². The fourth-order valence-electron chi connectivity index (χ4n) is 3.66. The standard InChI is InChI=1S/C24H23ClN2O4S/c1-17-21(25)8-4-9-22(17)26-24(28)16-31-19-11-13-20(14-12-19)32(29,30)27-15-5-7-18-6-2-3-10-23(18)27/h2-4,6,8-14H,5,7,15-16H2,1H3,(H,26,28). The number of amides is 1. The van der Waals surface area contributed by atoms with Crippen molar-refractivity contribution in [3.63, 3.8) is 0 Å².